The van der Waals surface area contributed by atoms with E-state index in [9.17, 15) is 4.79 Å². The molecule has 6 nitrogen and oxygen atoms in total. The maximum absolute atomic E-state index is 12.7. The minimum absolute atomic E-state index is 0.0888. The van der Waals surface area contributed by atoms with E-state index in [1.165, 1.54) is 0 Å². The molecule has 0 saturated carbocycles. The molecule has 0 spiro atoms. The molecule has 3 heterocycles. The van der Waals surface area contributed by atoms with Gasteiger partial charge in [0.2, 0.25) is 11.9 Å². The number of hydrogen-bond donors (Lipinski definition) is 0. The van der Waals surface area contributed by atoms with Crippen molar-refractivity contribution in [3.05, 3.63) is 47.5 Å². The lowest BCUT2D eigenvalue weighted by molar-refractivity contribution is -0.134. The normalized spacial score (nSPS) is 15.1. The lowest BCUT2D eigenvalue weighted by Gasteiger charge is -2.33. The number of hydrogen-bond acceptors (Lipinski definition) is 5. The van der Waals surface area contributed by atoms with Gasteiger partial charge in [-0.1, -0.05) is 6.07 Å². The van der Waals surface area contributed by atoms with Gasteiger partial charge in [0.1, 0.15) is 0 Å². The maximum Gasteiger partial charge on any atom is 0.225 e. The Morgan fingerprint density at radius 2 is 1.88 bits per heavy atom. The number of aryl methyl sites for hydroxylation is 2. The fourth-order valence-corrected chi connectivity index (χ4v) is 3.43. The van der Waals surface area contributed by atoms with E-state index in [-0.39, 0.29) is 11.8 Å². The van der Waals surface area contributed by atoms with Crippen molar-refractivity contribution in [2.45, 2.75) is 33.1 Å². The smallest absolute Gasteiger partial charge is 0.225 e. The largest absolute Gasteiger partial charge is 0.345 e. The van der Waals surface area contributed by atoms with Crippen LogP contribution in [-0.2, 0) is 11.2 Å². The molecule has 6 heteroatoms. The molecule has 0 radical (unpaired) electrons. The molecule has 0 bridgehead atoms. The van der Waals surface area contributed by atoms with Crippen LogP contribution in [0.5, 0.6) is 0 Å². The summed E-state index contributed by atoms with van der Waals surface area (Å²) in [6.07, 6.45) is 4.28. The molecule has 1 amide bonds. The second kappa shape index (κ2) is 8.25. The summed E-state index contributed by atoms with van der Waals surface area (Å²) >= 11 is 0. The van der Waals surface area contributed by atoms with Gasteiger partial charge in [0.15, 0.2) is 0 Å². The quantitative estimate of drug-likeness (QED) is 0.826. The van der Waals surface area contributed by atoms with Gasteiger partial charge in [0, 0.05) is 62.3 Å². The van der Waals surface area contributed by atoms with E-state index in [2.05, 4.69) is 19.9 Å². The molecule has 3 rings (SSSR count). The zero-order chi connectivity index (χ0) is 18.5. The number of amides is 1. The minimum atomic E-state index is 0.0888. The van der Waals surface area contributed by atoms with Gasteiger partial charge in [-0.05, 0) is 44.9 Å². The van der Waals surface area contributed by atoms with Gasteiger partial charge in [-0.15, -0.1) is 0 Å². The summed E-state index contributed by atoms with van der Waals surface area (Å²) in [6.45, 7) is 6.34. The molecule has 1 saturated heterocycles. The van der Waals surface area contributed by atoms with Crippen LogP contribution in [0.2, 0.25) is 0 Å². The zero-order valence-corrected chi connectivity index (χ0v) is 15.9. The van der Waals surface area contributed by atoms with E-state index in [4.69, 9.17) is 0 Å². The molecule has 0 aliphatic carbocycles. The van der Waals surface area contributed by atoms with Crippen molar-refractivity contribution in [1.82, 2.24) is 19.9 Å². The molecule has 0 unspecified atom stereocenters. The highest BCUT2D eigenvalue weighted by molar-refractivity contribution is 5.78. The Hall–Kier alpha value is -2.50. The van der Waals surface area contributed by atoms with Gasteiger partial charge < -0.3 is 9.80 Å². The Kier molecular flexibility index (Phi) is 5.81. The van der Waals surface area contributed by atoms with Crippen molar-refractivity contribution in [2.24, 2.45) is 5.92 Å². The van der Waals surface area contributed by atoms with E-state index in [0.29, 0.717) is 6.54 Å². The first-order valence-electron chi connectivity index (χ1n) is 9.25. The summed E-state index contributed by atoms with van der Waals surface area (Å²) in [4.78, 5) is 30.2. The molecule has 0 aromatic carbocycles. The summed E-state index contributed by atoms with van der Waals surface area (Å²) < 4.78 is 0. The van der Waals surface area contributed by atoms with E-state index < -0.39 is 0 Å². The van der Waals surface area contributed by atoms with Crippen LogP contribution in [0.1, 0.15) is 29.9 Å². The van der Waals surface area contributed by atoms with Gasteiger partial charge in [-0.2, -0.15) is 0 Å². The van der Waals surface area contributed by atoms with Crippen molar-refractivity contribution >= 4 is 11.9 Å². The topological polar surface area (TPSA) is 62.2 Å². The number of aromatic nitrogens is 3. The molecule has 138 valence electrons. The molecule has 0 atom stereocenters. The van der Waals surface area contributed by atoms with Gasteiger partial charge in [-0.25, -0.2) is 9.97 Å². The second-order valence-electron chi connectivity index (χ2n) is 7.04. The second-order valence-corrected chi connectivity index (χ2v) is 7.04. The average Bonchev–Trinajstić information content (AvgIpc) is 2.65. The summed E-state index contributed by atoms with van der Waals surface area (Å²) in [6, 6.07) is 7.87. The van der Waals surface area contributed by atoms with E-state index in [0.717, 1.165) is 55.4 Å². The van der Waals surface area contributed by atoms with Crippen LogP contribution in [0.15, 0.2) is 30.5 Å². The Morgan fingerprint density at radius 3 is 2.50 bits per heavy atom. The number of anilines is 1. The predicted molar refractivity (Wildman–Crippen MR) is 102 cm³/mol. The van der Waals surface area contributed by atoms with Gasteiger partial charge in [-0.3, -0.25) is 9.78 Å². The number of carbonyl (C=O) groups excluding carboxylic acids is 1. The number of carbonyl (C=O) groups is 1. The molecule has 0 N–H and O–H groups in total. The highest BCUT2D eigenvalue weighted by Gasteiger charge is 2.28. The molecule has 2 aromatic rings. The first-order valence-corrected chi connectivity index (χ1v) is 9.25. The summed E-state index contributed by atoms with van der Waals surface area (Å²) in [7, 11) is 1.89. The monoisotopic (exact) mass is 353 g/mol. The maximum atomic E-state index is 12.7. The van der Waals surface area contributed by atoms with Crippen LogP contribution < -0.4 is 4.90 Å². The summed E-state index contributed by atoms with van der Waals surface area (Å²) in [5.74, 6) is 1.12. The number of nitrogens with zero attached hydrogens (tertiary/aromatic N) is 5. The highest BCUT2D eigenvalue weighted by Crippen LogP contribution is 2.22. The number of piperidine rings is 1. The standard InChI is InChI=1S/C20H27N5O/c1-15-14-16(2)23-20(22-15)25-12-7-17(8-13-25)19(26)24(3)11-9-18-6-4-5-10-21-18/h4-6,10,14,17H,7-9,11-13H2,1-3H3. The molecule has 1 aliphatic heterocycles. The third-order valence-electron chi connectivity index (χ3n) is 4.90. The molecular weight excluding hydrogens is 326 g/mol. The first kappa shape index (κ1) is 18.3. The van der Waals surface area contributed by atoms with Crippen LogP contribution in [0, 0.1) is 19.8 Å². The molecule has 2 aromatic heterocycles. The van der Waals surface area contributed by atoms with Crippen LogP contribution in [-0.4, -0.2) is 52.4 Å². The van der Waals surface area contributed by atoms with Crippen LogP contribution in [0.25, 0.3) is 0 Å². The number of likely N-dealkylation sites (N-methyl/N-ethyl adjacent to an activating group) is 1. The minimum Gasteiger partial charge on any atom is -0.345 e. The van der Waals surface area contributed by atoms with Gasteiger partial charge in [0.05, 0.1) is 0 Å². The van der Waals surface area contributed by atoms with Crippen LogP contribution in [0.3, 0.4) is 0 Å². The fourth-order valence-electron chi connectivity index (χ4n) is 3.43. The lowest BCUT2D eigenvalue weighted by Crippen LogP contribution is -2.42. The Morgan fingerprint density at radius 1 is 1.19 bits per heavy atom. The van der Waals surface area contributed by atoms with E-state index in [1.54, 1.807) is 6.20 Å². The third-order valence-corrected chi connectivity index (χ3v) is 4.90. The summed E-state index contributed by atoms with van der Waals surface area (Å²) in [5.41, 5.74) is 2.99. The Balaban J connectivity index is 1.51. The van der Waals surface area contributed by atoms with Gasteiger partial charge >= 0.3 is 0 Å². The fraction of sp³-hybridized carbons (Fsp3) is 0.500. The number of pyridine rings is 1. The third kappa shape index (κ3) is 4.56. The van der Waals surface area contributed by atoms with E-state index >= 15 is 0 Å². The van der Waals surface area contributed by atoms with Crippen molar-refractivity contribution in [2.75, 3.05) is 31.6 Å². The van der Waals surface area contributed by atoms with Crippen LogP contribution >= 0.6 is 0 Å². The average molecular weight is 353 g/mol. The molecule has 1 aliphatic rings. The molecule has 26 heavy (non-hydrogen) atoms. The molecule has 1 fully saturated rings. The molecular formula is C20H27N5O. The summed E-state index contributed by atoms with van der Waals surface area (Å²) in [5, 5.41) is 0. The Bertz CT molecular complexity index is 721. The van der Waals surface area contributed by atoms with Crippen molar-refractivity contribution < 1.29 is 4.79 Å². The predicted octanol–water partition coefficient (Wildman–Crippen LogP) is 2.41. The lowest BCUT2D eigenvalue weighted by atomic mass is 9.95. The van der Waals surface area contributed by atoms with Crippen molar-refractivity contribution in [1.29, 1.82) is 0 Å². The van der Waals surface area contributed by atoms with E-state index in [1.807, 2.05) is 50.1 Å². The van der Waals surface area contributed by atoms with Crippen molar-refractivity contribution in [3.63, 3.8) is 0 Å². The van der Waals surface area contributed by atoms with Crippen molar-refractivity contribution in [3.8, 4) is 0 Å². The zero-order valence-electron chi connectivity index (χ0n) is 15.9. The van der Waals surface area contributed by atoms with Crippen LogP contribution in [0.4, 0.5) is 5.95 Å². The Labute approximate surface area is 155 Å². The highest BCUT2D eigenvalue weighted by atomic mass is 16.2. The SMILES string of the molecule is Cc1cc(C)nc(N2CCC(C(=O)N(C)CCc3ccccn3)CC2)n1. The number of rotatable bonds is 5. The first-order chi connectivity index (χ1) is 12.5. The van der Waals surface area contributed by atoms with Gasteiger partial charge in [0.25, 0.3) is 0 Å².